The molecule has 1 N–H and O–H groups in total. The van der Waals surface area contributed by atoms with E-state index in [1.54, 1.807) is 0 Å². The zero-order valence-electron chi connectivity index (χ0n) is 13.9. The molecule has 3 nitrogen and oxygen atoms in total. The van der Waals surface area contributed by atoms with Crippen LogP contribution in [0.3, 0.4) is 0 Å². The lowest BCUT2D eigenvalue weighted by Crippen LogP contribution is -2.44. The van der Waals surface area contributed by atoms with Gasteiger partial charge >= 0.3 is 0 Å². The van der Waals surface area contributed by atoms with Crippen LogP contribution in [-0.4, -0.2) is 21.1 Å². The second-order valence-corrected chi connectivity index (χ2v) is 7.84. The lowest BCUT2D eigenvalue weighted by molar-refractivity contribution is 0.293. The summed E-state index contributed by atoms with van der Waals surface area (Å²) in [6.07, 6.45) is 2.08. The van der Waals surface area contributed by atoms with Crippen molar-refractivity contribution in [1.29, 1.82) is 0 Å². The number of anilines is 1. The van der Waals surface area contributed by atoms with Crippen molar-refractivity contribution < 1.29 is 4.39 Å². The Morgan fingerprint density at radius 1 is 1.04 bits per heavy atom. The molecule has 1 aliphatic rings. The molecular formula is C20H17FIN3S. The van der Waals surface area contributed by atoms with Gasteiger partial charge in [0.05, 0.1) is 6.04 Å². The first-order valence-electron chi connectivity index (χ1n) is 8.35. The summed E-state index contributed by atoms with van der Waals surface area (Å²) in [6.45, 7) is 1.66. The Balaban J connectivity index is 1.66. The zero-order chi connectivity index (χ0) is 18.1. The number of nitrogens with zero attached hydrogens (tertiary/aromatic N) is 2. The maximum atomic E-state index is 13.4. The number of hydrogen-bond acceptors (Lipinski definition) is 1. The van der Waals surface area contributed by atoms with E-state index in [0.717, 1.165) is 30.0 Å². The number of aromatic nitrogens is 1. The molecule has 0 aliphatic carbocycles. The molecule has 0 amide bonds. The van der Waals surface area contributed by atoms with Crippen LogP contribution in [0.1, 0.15) is 17.3 Å². The highest BCUT2D eigenvalue weighted by molar-refractivity contribution is 14.1. The van der Waals surface area contributed by atoms with Gasteiger partial charge in [0.25, 0.3) is 0 Å². The van der Waals surface area contributed by atoms with Gasteiger partial charge in [0, 0.05) is 34.2 Å². The van der Waals surface area contributed by atoms with Gasteiger partial charge in [-0.1, -0.05) is 12.1 Å². The molecule has 2 aromatic carbocycles. The van der Waals surface area contributed by atoms with Gasteiger partial charge in [0.15, 0.2) is 5.11 Å². The van der Waals surface area contributed by atoms with E-state index in [0.29, 0.717) is 5.11 Å². The number of benzene rings is 2. The van der Waals surface area contributed by atoms with E-state index < -0.39 is 0 Å². The van der Waals surface area contributed by atoms with Crippen molar-refractivity contribution in [2.75, 3.05) is 11.9 Å². The molecule has 0 unspecified atom stereocenters. The average molecular weight is 477 g/mol. The molecule has 2 heterocycles. The van der Waals surface area contributed by atoms with Crippen LogP contribution in [0, 0.1) is 9.39 Å². The minimum absolute atomic E-state index is 0.0387. The highest BCUT2D eigenvalue weighted by Gasteiger charge is 2.30. The minimum Gasteiger partial charge on any atom is -0.348 e. The number of rotatable bonds is 2. The highest BCUT2D eigenvalue weighted by Crippen LogP contribution is 2.33. The standard InChI is InChI=1S/C20H17FIN3S/c21-15-5-3-14(4-6-15)19-18-2-1-11-24(18)12-13-25(19)20(26)23-17-9-7-16(22)8-10-17/h1-11,19H,12-13H2,(H,23,26)/t19-/m0/s1. The van der Waals surface area contributed by atoms with Gasteiger partial charge in [-0.25, -0.2) is 4.39 Å². The molecule has 0 fully saturated rings. The first kappa shape index (κ1) is 17.5. The molecule has 132 valence electrons. The highest BCUT2D eigenvalue weighted by atomic mass is 127. The van der Waals surface area contributed by atoms with E-state index in [1.165, 1.54) is 15.7 Å². The van der Waals surface area contributed by atoms with E-state index in [-0.39, 0.29) is 11.9 Å². The van der Waals surface area contributed by atoms with Crippen molar-refractivity contribution in [3.63, 3.8) is 0 Å². The Labute approximate surface area is 171 Å². The SMILES string of the molecule is Fc1ccc([C@H]2c3cccn3CCN2C(=S)Nc2ccc(I)cc2)cc1. The Bertz CT molecular complexity index is 921. The van der Waals surface area contributed by atoms with Crippen LogP contribution in [0.4, 0.5) is 10.1 Å². The molecular weight excluding hydrogens is 460 g/mol. The van der Waals surface area contributed by atoms with Crippen LogP contribution in [0.25, 0.3) is 0 Å². The summed E-state index contributed by atoms with van der Waals surface area (Å²) < 4.78 is 16.8. The molecule has 6 heteroatoms. The van der Waals surface area contributed by atoms with Gasteiger partial charge in [-0.2, -0.15) is 0 Å². The number of thiocarbonyl (C=S) groups is 1. The largest absolute Gasteiger partial charge is 0.348 e. The van der Waals surface area contributed by atoms with Gasteiger partial charge < -0.3 is 14.8 Å². The lowest BCUT2D eigenvalue weighted by atomic mass is 10.0. The summed E-state index contributed by atoms with van der Waals surface area (Å²) in [5.74, 6) is -0.230. The molecule has 1 atom stereocenters. The monoisotopic (exact) mass is 477 g/mol. The Hall–Kier alpha value is -1.93. The smallest absolute Gasteiger partial charge is 0.174 e. The third-order valence-corrected chi connectivity index (χ3v) is 5.64. The van der Waals surface area contributed by atoms with Crippen molar-refractivity contribution in [1.82, 2.24) is 9.47 Å². The molecule has 0 saturated heterocycles. The van der Waals surface area contributed by atoms with Gasteiger partial charge in [0.2, 0.25) is 0 Å². The second-order valence-electron chi connectivity index (χ2n) is 6.21. The fraction of sp³-hybridized carbons (Fsp3) is 0.150. The minimum atomic E-state index is -0.230. The van der Waals surface area contributed by atoms with Crippen molar-refractivity contribution in [3.05, 3.63) is 87.5 Å². The number of hydrogen-bond donors (Lipinski definition) is 1. The Kier molecular flexibility index (Phi) is 4.95. The maximum Gasteiger partial charge on any atom is 0.174 e. The summed E-state index contributed by atoms with van der Waals surface area (Å²) in [7, 11) is 0. The first-order valence-corrected chi connectivity index (χ1v) is 9.84. The number of nitrogens with one attached hydrogen (secondary N) is 1. The van der Waals surface area contributed by atoms with Crippen molar-refractivity contribution >= 4 is 45.6 Å². The van der Waals surface area contributed by atoms with Gasteiger partial charge in [-0.15, -0.1) is 0 Å². The van der Waals surface area contributed by atoms with E-state index in [1.807, 2.05) is 42.5 Å². The summed E-state index contributed by atoms with van der Waals surface area (Å²) in [5, 5.41) is 4.02. The van der Waals surface area contributed by atoms with Crippen LogP contribution in [-0.2, 0) is 6.54 Å². The average Bonchev–Trinajstić information content (AvgIpc) is 3.12. The van der Waals surface area contributed by atoms with Gasteiger partial charge in [0.1, 0.15) is 5.82 Å². The lowest BCUT2D eigenvalue weighted by Gasteiger charge is -2.39. The Morgan fingerprint density at radius 3 is 2.50 bits per heavy atom. The maximum absolute atomic E-state index is 13.4. The molecule has 0 bridgehead atoms. The zero-order valence-corrected chi connectivity index (χ0v) is 16.9. The molecule has 0 spiro atoms. The van der Waals surface area contributed by atoms with Gasteiger partial charge in [-0.3, -0.25) is 0 Å². The molecule has 4 rings (SSSR count). The third-order valence-electron chi connectivity index (χ3n) is 4.58. The van der Waals surface area contributed by atoms with Crippen molar-refractivity contribution in [2.24, 2.45) is 0 Å². The molecule has 0 radical (unpaired) electrons. The van der Waals surface area contributed by atoms with Crippen LogP contribution >= 0.6 is 34.8 Å². The van der Waals surface area contributed by atoms with Crippen LogP contribution in [0.5, 0.6) is 0 Å². The van der Waals surface area contributed by atoms with Crippen LogP contribution < -0.4 is 5.32 Å². The molecule has 1 aliphatic heterocycles. The van der Waals surface area contributed by atoms with E-state index in [2.05, 4.69) is 49.6 Å². The fourth-order valence-electron chi connectivity index (χ4n) is 3.33. The van der Waals surface area contributed by atoms with Crippen molar-refractivity contribution in [3.8, 4) is 0 Å². The number of halogens is 2. The second kappa shape index (κ2) is 7.36. The van der Waals surface area contributed by atoms with E-state index in [4.69, 9.17) is 12.2 Å². The van der Waals surface area contributed by atoms with E-state index >= 15 is 0 Å². The summed E-state index contributed by atoms with van der Waals surface area (Å²) >= 11 is 8.01. The molecule has 26 heavy (non-hydrogen) atoms. The molecule has 3 aromatic rings. The summed E-state index contributed by atoms with van der Waals surface area (Å²) in [5.41, 5.74) is 3.15. The summed E-state index contributed by atoms with van der Waals surface area (Å²) in [6, 6.07) is 18.9. The number of fused-ring (bicyclic) bond motifs is 1. The van der Waals surface area contributed by atoms with E-state index in [9.17, 15) is 4.39 Å². The van der Waals surface area contributed by atoms with Gasteiger partial charge in [-0.05, 0) is 88.9 Å². The normalized spacial score (nSPS) is 16.2. The third kappa shape index (κ3) is 3.48. The predicted octanol–water partition coefficient (Wildman–Crippen LogP) is 5.03. The van der Waals surface area contributed by atoms with Crippen molar-refractivity contribution in [2.45, 2.75) is 12.6 Å². The predicted molar refractivity (Wildman–Crippen MR) is 115 cm³/mol. The topological polar surface area (TPSA) is 20.2 Å². The first-order chi connectivity index (χ1) is 12.6. The molecule has 1 aromatic heterocycles. The van der Waals surface area contributed by atoms with Crippen LogP contribution in [0.2, 0.25) is 0 Å². The Morgan fingerprint density at radius 2 is 1.77 bits per heavy atom. The quantitative estimate of drug-likeness (QED) is 0.413. The fourth-order valence-corrected chi connectivity index (χ4v) is 4.00. The summed E-state index contributed by atoms with van der Waals surface area (Å²) in [4.78, 5) is 2.18. The van der Waals surface area contributed by atoms with Crippen LogP contribution in [0.15, 0.2) is 66.9 Å². The molecule has 0 saturated carbocycles.